The molecule has 212 valence electrons. The molecule has 1 aliphatic heterocycles. The molecule has 10 heteroatoms. The van der Waals surface area contributed by atoms with Crippen molar-refractivity contribution < 1.29 is 49.0 Å². The summed E-state index contributed by atoms with van der Waals surface area (Å²) in [5.41, 5.74) is -6.24. The smallest absolute Gasteiger partial charge is 0.338 e. The molecule has 9 atom stereocenters. The van der Waals surface area contributed by atoms with E-state index in [2.05, 4.69) is 0 Å². The number of Topliss-reactive ketones (excluding diaryl/α,β-unsaturated/α-hetero) is 1. The third kappa shape index (κ3) is 3.62. The van der Waals surface area contributed by atoms with E-state index in [1.807, 2.05) is 0 Å². The first-order valence-corrected chi connectivity index (χ1v) is 13.2. The average Bonchev–Trinajstić information content (AvgIpc) is 2.87. The zero-order valence-electron chi connectivity index (χ0n) is 22.7. The van der Waals surface area contributed by atoms with Crippen molar-refractivity contribution in [3.8, 4) is 0 Å². The summed E-state index contributed by atoms with van der Waals surface area (Å²) in [5.74, 6) is -3.24. The van der Waals surface area contributed by atoms with E-state index < -0.39 is 82.6 Å². The molecule has 5 rings (SSSR count). The normalized spacial score (nSPS) is 42.7. The molecule has 0 amide bonds. The van der Waals surface area contributed by atoms with Crippen molar-refractivity contribution in [2.45, 2.75) is 89.2 Å². The van der Waals surface area contributed by atoms with Crippen LogP contribution in [0.2, 0.25) is 0 Å². The fourth-order valence-electron chi connectivity index (χ4n) is 7.70. The highest BCUT2D eigenvalue weighted by Gasteiger charge is 2.77. The molecule has 3 fully saturated rings. The van der Waals surface area contributed by atoms with Gasteiger partial charge in [0.05, 0.1) is 30.3 Å². The highest BCUT2D eigenvalue weighted by molar-refractivity contribution is 5.98. The van der Waals surface area contributed by atoms with Gasteiger partial charge in [0.15, 0.2) is 11.4 Å². The van der Waals surface area contributed by atoms with Gasteiger partial charge in [-0.25, -0.2) is 4.79 Å². The molecule has 1 aromatic carbocycles. The minimum atomic E-state index is -2.12. The fourth-order valence-corrected chi connectivity index (χ4v) is 7.70. The second-order valence-corrected chi connectivity index (χ2v) is 12.2. The minimum absolute atomic E-state index is 0.0395. The first-order valence-electron chi connectivity index (χ1n) is 13.2. The summed E-state index contributed by atoms with van der Waals surface area (Å²) in [6, 6.07) is 8.08. The Labute approximate surface area is 226 Å². The van der Waals surface area contributed by atoms with Crippen molar-refractivity contribution in [1.29, 1.82) is 0 Å². The Morgan fingerprint density at radius 1 is 1.08 bits per heavy atom. The number of aliphatic hydroxyl groups excluding tert-OH is 3. The number of allylic oxidation sites excluding steroid dienone is 1. The number of hydrogen-bond donors (Lipinski definition) is 4. The summed E-state index contributed by atoms with van der Waals surface area (Å²) in [4.78, 5) is 39.3. The van der Waals surface area contributed by atoms with Gasteiger partial charge in [-0.1, -0.05) is 39.0 Å². The summed E-state index contributed by atoms with van der Waals surface area (Å²) < 4.78 is 17.7. The lowest BCUT2D eigenvalue weighted by molar-refractivity contribution is -0.363. The monoisotopic (exact) mass is 544 g/mol. The third-order valence-corrected chi connectivity index (χ3v) is 10.00. The van der Waals surface area contributed by atoms with Crippen molar-refractivity contribution in [1.82, 2.24) is 0 Å². The molecule has 1 aromatic rings. The van der Waals surface area contributed by atoms with Crippen LogP contribution < -0.4 is 0 Å². The number of benzene rings is 1. The predicted molar refractivity (Wildman–Crippen MR) is 135 cm³/mol. The standard InChI is InChI=1S/C29H36O10/c1-14-17(31)12-29(36)24(38-25(35)16-9-7-6-8-10-16)22-27(5,23(34)21(33)20(14)26(29,3)4)18(32)11-19-28(22,13-37-19)39-15(2)30/h6-10,18-19,21-24,32-34,36H,11-13H2,1-5H3/t18-,19+,21+,22-,23-,24-,27+,28-,29+/m0/s1. The van der Waals surface area contributed by atoms with Crippen LogP contribution in [0.4, 0.5) is 0 Å². The van der Waals surface area contributed by atoms with Gasteiger partial charge in [0.1, 0.15) is 23.9 Å². The Balaban J connectivity index is 1.81. The first-order chi connectivity index (χ1) is 18.1. The highest BCUT2D eigenvalue weighted by atomic mass is 16.6. The van der Waals surface area contributed by atoms with Crippen molar-refractivity contribution >= 4 is 17.7 Å². The van der Waals surface area contributed by atoms with Gasteiger partial charge in [-0.05, 0) is 30.2 Å². The SMILES string of the molecule is CC(=O)O[C@@]12CO[C@@H]1C[C@H](O)[C@]1(C)[C@@H]2[C@H](OC(=O)c2ccccc2)[C@]2(O)CC(=O)C(C)=C([C@@H](O)[C@@H]1O)C2(C)C. The molecule has 0 radical (unpaired) electrons. The molecule has 2 saturated carbocycles. The maximum absolute atomic E-state index is 13.6. The van der Waals surface area contributed by atoms with Crippen molar-refractivity contribution in [3.63, 3.8) is 0 Å². The van der Waals surface area contributed by atoms with Crippen LogP contribution in [0.25, 0.3) is 0 Å². The van der Waals surface area contributed by atoms with Gasteiger partial charge in [0, 0.05) is 30.6 Å². The molecule has 3 aliphatic carbocycles. The van der Waals surface area contributed by atoms with Crippen molar-refractivity contribution in [3.05, 3.63) is 47.0 Å². The van der Waals surface area contributed by atoms with E-state index in [1.165, 1.54) is 32.9 Å². The summed E-state index contributed by atoms with van der Waals surface area (Å²) in [7, 11) is 0. The molecule has 0 aromatic heterocycles. The second kappa shape index (κ2) is 8.94. The van der Waals surface area contributed by atoms with Crippen LogP contribution in [0.15, 0.2) is 41.5 Å². The zero-order valence-corrected chi connectivity index (χ0v) is 22.7. The molecule has 0 unspecified atom stereocenters. The Hall–Kier alpha value is -2.63. The summed E-state index contributed by atoms with van der Waals surface area (Å²) in [6.07, 6.45) is -7.57. The summed E-state index contributed by atoms with van der Waals surface area (Å²) in [6.45, 7) is 7.33. The second-order valence-electron chi connectivity index (χ2n) is 12.2. The molecule has 0 spiro atoms. The molecule has 4 aliphatic rings. The number of carbonyl (C=O) groups excluding carboxylic acids is 3. The van der Waals surface area contributed by atoms with Crippen LogP contribution in [0, 0.1) is 16.7 Å². The van der Waals surface area contributed by atoms with Gasteiger partial charge < -0.3 is 34.6 Å². The third-order valence-electron chi connectivity index (χ3n) is 10.00. The first kappa shape index (κ1) is 27.9. The Bertz CT molecular complexity index is 1240. The predicted octanol–water partition coefficient (Wildman–Crippen LogP) is 1.08. The van der Waals surface area contributed by atoms with E-state index in [0.717, 1.165) is 0 Å². The molecule has 1 saturated heterocycles. The topological polar surface area (TPSA) is 160 Å². The molecule has 39 heavy (non-hydrogen) atoms. The number of ketones is 1. The number of ether oxygens (including phenoxy) is 3. The van der Waals surface area contributed by atoms with Crippen LogP contribution in [0.1, 0.15) is 57.8 Å². The van der Waals surface area contributed by atoms with E-state index in [0.29, 0.717) is 0 Å². The van der Waals surface area contributed by atoms with E-state index in [-0.39, 0.29) is 29.7 Å². The van der Waals surface area contributed by atoms with E-state index >= 15 is 0 Å². The number of carbonyl (C=O) groups is 3. The zero-order chi connectivity index (χ0) is 28.7. The van der Waals surface area contributed by atoms with E-state index in [1.54, 1.807) is 32.0 Å². The number of esters is 2. The van der Waals surface area contributed by atoms with Gasteiger partial charge in [-0.3, -0.25) is 9.59 Å². The average molecular weight is 545 g/mol. The summed E-state index contributed by atoms with van der Waals surface area (Å²) >= 11 is 0. The lowest BCUT2D eigenvalue weighted by Crippen LogP contribution is -2.82. The molecule has 10 nitrogen and oxygen atoms in total. The largest absolute Gasteiger partial charge is 0.455 e. The van der Waals surface area contributed by atoms with Gasteiger partial charge >= 0.3 is 11.9 Å². The summed E-state index contributed by atoms with van der Waals surface area (Å²) in [5, 5.41) is 47.6. The minimum Gasteiger partial charge on any atom is -0.455 e. The lowest BCUT2D eigenvalue weighted by atomic mass is 9.44. The number of fused-ring (bicyclic) bond motifs is 5. The van der Waals surface area contributed by atoms with Gasteiger partial charge in [-0.2, -0.15) is 0 Å². The van der Waals surface area contributed by atoms with Crippen molar-refractivity contribution in [2.24, 2.45) is 16.7 Å². The number of rotatable bonds is 3. The van der Waals surface area contributed by atoms with Crippen LogP contribution in [0.5, 0.6) is 0 Å². The maximum Gasteiger partial charge on any atom is 0.338 e. The van der Waals surface area contributed by atoms with Crippen molar-refractivity contribution in [2.75, 3.05) is 6.61 Å². The molecule has 2 bridgehead atoms. The van der Waals surface area contributed by atoms with Gasteiger partial charge in [-0.15, -0.1) is 0 Å². The van der Waals surface area contributed by atoms with E-state index in [9.17, 15) is 34.8 Å². The molecular formula is C29H36O10. The number of hydrogen-bond acceptors (Lipinski definition) is 10. The molecule has 4 N–H and O–H groups in total. The van der Waals surface area contributed by atoms with Crippen LogP contribution in [0.3, 0.4) is 0 Å². The maximum atomic E-state index is 13.6. The molecular weight excluding hydrogens is 508 g/mol. The van der Waals surface area contributed by atoms with Crippen LogP contribution in [-0.4, -0.2) is 86.5 Å². The van der Waals surface area contributed by atoms with Crippen LogP contribution in [-0.2, 0) is 23.8 Å². The highest BCUT2D eigenvalue weighted by Crippen LogP contribution is 2.64. The Kier molecular flexibility index (Phi) is 6.40. The number of aliphatic hydroxyl groups is 4. The molecule has 1 heterocycles. The van der Waals surface area contributed by atoms with E-state index in [4.69, 9.17) is 14.2 Å². The fraction of sp³-hybridized carbons (Fsp3) is 0.621. The Morgan fingerprint density at radius 3 is 2.28 bits per heavy atom. The van der Waals surface area contributed by atoms with Gasteiger partial charge in [0.25, 0.3) is 0 Å². The van der Waals surface area contributed by atoms with Crippen LogP contribution >= 0.6 is 0 Å². The quantitative estimate of drug-likeness (QED) is 0.406. The van der Waals surface area contributed by atoms with Gasteiger partial charge in [0.2, 0.25) is 0 Å². The Morgan fingerprint density at radius 2 is 1.72 bits per heavy atom. The lowest BCUT2D eigenvalue weighted by Gasteiger charge is -2.68.